The first-order valence-electron chi connectivity index (χ1n) is 8.05. The van der Waals surface area contributed by atoms with Gasteiger partial charge in [0.1, 0.15) is 0 Å². The number of piperidine rings is 1. The predicted octanol–water partition coefficient (Wildman–Crippen LogP) is 3.35. The first kappa shape index (κ1) is 17.9. The molecular formula is C17H23BrN2O3. The molecule has 5 nitrogen and oxygen atoms in total. The van der Waals surface area contributed by atoms with Crippen LogP contribution in [-0.4, -0.2) is 41.5 Å². The van der Waals surface area contributed by atoms with Crippen molar-refractivity contribution in [2.45, 2.75) is 32.1 Å². The van der Waals surface area contributed by atoms with E-state index < -0.39 is 5.97 Å². The minimum atomic E-state index is -0.729. The van der Waals surface area contributed by atoms with Gasteiger partial charge in [-0.05, 0) is 63.5 Å². The summed E-state index contributed by atoms with van der Waals surface area (Å²) in [6.45, 7) is 2.74. The zero-order valence-electron chi connectivity index (χ0n) is 13.1. The van der Waals surface area contributed by atoms with Crippen LogP contribution in [0.4, 0.5) is 5.69 Å². The molecule has 1 saturated heterocycles. The molecule has 1 fully saturated rings. The maximum Gasteiger partial charge on any atom is 0.303 e. The van der Waals surface area contributed by atoms with E-state index >= 15 is 0 Å². The van der Waals surface area contributed by atoms with Crippen LogP contribution in [0.3, 0.4) is 0 Å². The fraction of sp³-hybridized carbons (Fsp3) is 0.529. The van der Waals surface area contributed by atoms with E-state index in [1.807, 2.05) is 24.3 Å². The summed E-state index contributed by atoms with van der Waals surface area (Å²) in [5, 5.41) is 11.6. The predicted molar refractivity (Wildman–Crippen MR) is 93.4 cm³/mol. The number of anilines is 1. The Kier molecular flexibility index (Phi) is 7.05. The van der Waals surface area contributed by atoms with E-state index in [0.29, 0.717) is 0 Å². The second-order valence-corrected chi connectivity index (χ2v) is 6.88. The maximum atomic E-state index is 12.3. The van der Waals surface area contributed by atoms with Crippen molar-refractivity contribution in [2.24, 2.45) is 5.92 Å². The Labute approximate surface area is 145 Å². The fourth-order valence-electron chi connectivity index (χ4n) is 2.84. The van der Waals surface area contributed by atoms with Crippen LogP contribution in [0.1, 0.15) is 32.1 Å². The number of amides is 1. The van der Waals surface area contributed by atoms with Crippen LogP contribution in [0.15, 0.2) is 28.7 Å². The van der Waals surface area contributed by atoms with E-state index in [0.717, 1.165) is 55.5 Å². The summed E-state index contributed by atoms with van der Waals surface area (Å²) in [6.07, 6.45) is 3.59. The van der Waals surface area contributed by atoms with Gasteiger partial charge in [0.15, 0.2) is 0 Å². The number of hydrogen-bond acceptors (Lipinski definition) is 3. The first-order chi connectivity index (χ1) is 11.0. The molecule has 2 rings (SSSR count). The molecule has 0 bridgehead atoms. The summed E-state index contributed by atoms with van der Waals surface area (Å²) in [7, 11) is 0. The zero-order chi connectivity index (χ0) is 16.7. The molecule has 1 aromatic carbocycles. The molecule has 1 aromatic rings. The first-order valence-corrected chi connectivity index (χ1v) is 8.84. The molecule has 0 atom stereocenters. The van der Waals surface area contributed by atoms with E-state index in [2.05, 4.69) is 26.1 Å². The molecule has 126 valence electrons. The number of unbranched alkanes of at least 4 members (excludes halogenated alkanes) is 1. The molecule has 0 unspecified atom stereocenters. The zero-order valence-corrected chi connectivity index (χ0v) is 14.7. The number of nitrogens with one attached hydrogen (secondary N) is 1. The number of hydrogen-bond donors (Lipinski definition) is 2. The number of carboxylic acid groups (broad SMARTS) is 1. The Morgan fingerprint density at radius 1 is 1.26 bits per heavy atom. The Bertz CT molecular complexity index is 542. The Morgan fingerprint density at radius 2 is 2.00 bits per heavy atom. The van der Waals surface area contributed by atoms with Gasteiger partial charge in [0.25, 0.3) is 0 Å². The lowest BCUT2D eigenvalue weighted by Gasteiger charge is -2.31. The van der Waals surface area contributed by atoms with E-state index in [4.69, 9.17) is 5.11 Å². The van der Waals surface area contributed by atoms with Gasteiger partial charge in [0.05, 0.1) is 0 Å². The third kappa shape index (κ3) is 6.31. The summed E-state index contributed by atoms with van der Waals surface area (Å²) in [5.74, 6) is -0.578. The van der Waals surface area contributed by atoms with Crippen molar-refractivity contribution in [3.8, 4) is 0 Å². The van der Waals surface area contributed by atoms with Crippen molar-refractivity contribution in [1.82, 2.24) is 4.90 Å². The summed E-state index contributed by atoms with van der Waals surface area (Å²) in [5.41, 5.74) is 0.820. The minimum absolute atomic E-state index is 0.0595. The summed E-state index contributed by atoms with van der Waals surface area (Å²) < 4.78 is 0.950. The van der Waals surface area contributed by atoms with Crippen LogP contribution in [-0.2, 0) is 9.59 Å². The molecule has 1 heterocycles. The van der Waals surface area contributed by atoms with E-state index in [1.54, 1.807) is 0 Å². The SMILES string of the molecule is O=C(O)CCCCN1CCC(C(=O)Nc2cccc(Br)c2)CC1. The number of aliphatic carboxylic acids is 1. The van der Waals surface area contributed by atoms with Gasteiger partial charge < -0.3 is 15.3 Å². The lowest BCUT2D eigenvalue weighted by atomic mass is 9.95. The number of carbonyl (C=O) groups excluding carboxylic acids is 1. The number of likely N-dealkylation sites (tertiary alicyclic amines) is 1. The number of nitrogens with zero attached hydrogens (tertiary/aromatic N) is 1. The Balaban J connectivity index is 1.69. The number of carboxylic acids is 1. The summed E-state index contributed by atoms with van der Waals surface area (Å²) in [4.78, 5) is 25.1. The largest absolute Gasteiger partial charge is 0.481 e. The molecule has 0 aliphatic carbocycles. The van der Waals surface area contributed by atoms with Gasteiger partial charge in [-0.15, -0.1) is 0 Å². The van der Waals surface area contributed by atoms with Crippen LogP contribution in [0, 0.1) is 5.92 Å². The van der Waals surface area contributed by atoms with E-state index in [1.165, 1.54) is 0 Å². The van der Waals surface area contributed by atoms with Gasteiger partial charge in [0.2, 0.25) is 5.91 Å². The number of rotatable bonds is 7. The average molecular weight is 383 g/mol. The smallest absolute Gasteiger partial charge is 0.303 e. The Morgan fingerprint density at radius 3 is 2.65 bits per heavy atom. The highest BCUT2D eigenvalue weighted by Crippen LogP contribution is 2.21. The normalized spacial score (nSPS) is 16.2. The molecule has 6 heteroatoms. The van der Waals surface area contributed by atoms with Crippen molar-refractivity contribution >= 4 is 33.5 Å². The second kappa shape index (κ2) is 9.03. The van der Waals surface area contributed by atoms with Crippen molar-refractivity contribution in [3.05, 3.63) is 28.7 Å². The molecule has 1 aliphatic heterocycles. The fourth-order valence-corrected chi connectivity index (χ4v) is 3.24. The van der Waals surface area contributed by atoms with Crippen LogP contribution < -0.4 is 5.32 Å². The van der Waals surface area contributed by atoms with Crippen LogP contribution >= 0.6 is 15.9 Å². The van der Waals surface area contributed by atoms with Gasteiger partial charge >= 0.3 is 5.97 Å². The third-order valence-corrected chi connectivity index (χ3v) is 4.66. The highest BCUT2D eigenvalue weighted by molar-refractivity contribution is 9.10. The minimum Gasteiger partial charge on any atom is -0.481 e. The molecule has 2 N–H and O–H groups in total. The highest BCUT2D eigenvalue weighted by Gasteiger charge is 2.24. The molecule has 23 heavy (non-hydrogen) atoms. The number of benzene rings is 1. The summed E-state index contributed by atoms with van der Waals surface area (Å²) >= 11 is 3.40. The van der Waals surface area contributed by atoms with Gasteiger partial charge in [0, 0.05) is 22.5 Å². The van der Waals surface area contributed by atoms with Crippen LogP contribution in [0.2, 0.25) is 0 Å². The van der Waals surface area contributed by atoms with Crippen molar-refractivity contribution in [2.75, 3.05) is 25.0 Å². The van der Waals surface area contributed by atoms with Gasteiger partial charge in [-0.25, -0.2) is 0 Å². The monoisotopic (exact) mass is 382 g/mol. The van der Waals surface area contributed by atoms with Crippen LogP contribution in [0.25, 0.3) is 0 Å². The molecule has 0 aromatic heterocycles. The second-order valence-electron chi connectivity index (χ2n) is 5.97. The molecule has 0 spiro atoms. The standard InChI is InChI=1S/C17H23BrN2O3/c18-14-4-3-5-15(12-14)19-17(23)13-7-10-20(11-8-13)9-2-1-6-16(21)22/h3-5,12-13H,1-2,6-11H2,(H,19,23)(H,21,22). The molecule has 0 radical (unpaired) electrons. The highest BCUT2D eigenvalue weighted by atomic mass is 79.9. The summed E-state index contributed by atoms with van der Waals surface area (Å²) in [6, 6.07) is 7.62. The quantitative estimate of drug-likeness (QED) is 0.709. The molecule has 0 saturated carbocycles. The molecule has 1 aliphatic rings. The van der Waals surface area contributed by atoms with E-state index in [9.17, 15) is 9.59 Å². The van der Waals surface area contributed by atoms with Gasteiger partial charge in [-0.1, -0.05) is 22.0 Å². The van der Waals surface area contributed by atoms with Gasteiger partial charge in [-0.2, -0.15) is 0 Å². The molecule has 1 amide bonds. The maximum absolute atomic E-state index is 12.3. The Hall–Kier alpha value is -1.40. The molecular weight excluding hydrogens is 360 g/mol. The average Bonchev–Trinajstić information content (AvgIpc) is 2.52. The van der Waals surface area contributed by atoms with Crippen LogP contribution in [0.5, 0.6) is 0 Å². The lowest BCUT2D eigenvalue weighted by Crippen LogP contribution is -2.38. The van der Waals surface area contributed by atoms with Crippen molar-refractivity contribution in [3.63, 3.8) is 0 Å². The number of carbonyl (C=O) groups is 2. The topological polar surface area (TPSA) is 69.6 Å². The van der Waals surface area contributed by atoms with E-state index in [-0.39, 0.29) is 18.2 Å². The van der Waals surface area contributed by atoms with Crippen molar-refractivity contribution in [1.29, 1.82) is 0 Å². The third-order valence-electron chi connectivity index (χ3n) is 4.17. The lowest BCUT2D eigenvalue weighted by molar-refractivity contribution is -0.137. The van der Waals surface area contributed by atoms with Gasteiger partial charge in [-0.3, -0.25) is 9.59 Å². The number of halogens is 1. The van der Waals surface area contributed by atoms with Crippen molar-refractivity contribution < 1.29 is 14.7 Å².